The Labute approximate surface area is 194 Å². The summed E-state index contributed by atoms with van der Waals surface area (Å²) in [5, 5.41) is 29.1. The van der Waals surface area contributed by atoms with E-state index in [1.54, 1.807) is 11.3 Å². The van der Waals surface area contributed by atoms with Gasteiger partial charge in [0.1, 0.15) is 6.10 Å². The molecule has 2 fully saturated rings. The van der Waals surface area contributed by atoms with E-state index >= 15 is 0 Å². The molecular formula is C24H38N2O5S. The molecule has 0 saturated heterocycles. The van der Waals surface area contributed by atoms with E-state index in [0.29, 0.717) is 19.4 Å². The van der Waals surface area contributed by atoms with Gasteiger partial charge in [-0.1, -0.05) is 19.9 Å². The first-order valence-electron chi connectivity index (χ1n) is 11.6. The average molecular weight is 467 g/mol. The van der Waals surface area contributed by atoms with Crippen LogP contribution in [0.2, 0.25) is 0 Å². The number of alkyl carbamates (subject to hydrolysis) is 1. The third kappa shape index (κ3) is 5.13. The van der Waals surface area contributed by atoms with E-state index in [2.05, 4.69) is 17.6 Å². The molecule has 2 aliphatic carbocycles. The molecule has 1 aromatic rings. The van der Waals surface area contributed by atoms with E-state index in [4.69, 9.17) is 4.74 Å². The number of aliphatic hydroxyl groups is 2. The van der Waals surface area contributed by atoms with Gasteiger partial charge in [-0.2, -0.15) is 0 Å². The standard InChI is InChI=1S/C24H38N2O5S/c1-15(2)26-22(30)31-20-9-10-23(3)17(12-21(29)25-13-16-6-5-11-32-16)18(28)7-8-19(23)24(20,4)14-27/h5-6,11,15,17-20,27-28H,7-10,12-14H2,1-4H3,(H,25,29)(H,26,30)/t17-,18-,19-,20+,23-,24+/m1/s1. The van der Waals surface area contributed by atoms with Crippen molar-refractivity contribution in [2.45, 2.75) is 84.6 Å². The summed E-state index contributed by atoms with van der Waals surface area (Å²) >= 11 is 1.60. The molecule has 2 aliphatic rings. The van der Waals surface area contributed by atoms with Crippen molar-refractivity contribution >= 4 is 23.3 Å². The van der Waals surface area contributed by atoms with Gasteiger partial charge in [-0.25, -0.2) is 4.79 Å². The van der Waals surface area contributed by atoms with Crippen molar-refractivity contribution in [2.24, 2.45) is 22.7 Å². The Morgan fingerprint density at radius 2 is 2.03 bits per heavy atom. The second kappa shape index (κ2) is 10.1. The van der Waals surface area contributed by atoms with Crippen LogP contribution in [0.5, 0.6) is 0 Å². The zero-order valence-electron chi connectivity index (χ0n) is 19.6. The quantitative estimate of drug-likeness (QED) is 0.492. The Bertz CT molecular complexity index is 785. The van der Waals surface area contributed by atoms with E-state index in [1.807, 2.05) is 38.3 Å². The summed E-state index contributed by atoms with van der Waals surface area (Å²) in [6, 6.07) is 3.92. The van der Waals surface area contributed by atoms with Crippen LogP contribution in [0.3, 0.4) is 0 Å². The van der Waals surface area contributed by atoms with Gasteiger partial charge in [0.15, 0.2) is 0 Å². The fourth-order valence-corrected chi connectivity index (χ4v) is 6.69. The lowest BCUT2D eigenvalue weighted by Crippen LogP contribution is -2.61. The number of nitrogens with one attached hydrogen (secondary N) is 2. The molecule has 7 nitrogen and oxygen atoms in total. The lowest BCUT2D eigenvalue weighted by atomic mass is 9.46. The highest BCUT2D eigenvalue weighted by atomic mass is 32.1. The molecule has 0 aliphatic heterocycles. The first kappa shape index (κ1) is 25.0. The number of rotatable bonds is 7. The second-order valence-electron chi connectivity index (χ2n) is 10.3. The normalized spacial score (nSPS) is 34.6. The van der Waals surface area contributed by atoms with E-state index in [0.717, 1.165) is 17.7 Å². The first-order valence-corrected chi connectivity index (χ1v) is 12.5. The molecule has 0 aromatic carbocycles. The zero-order valence-corrected chi connectivity index (χ0v) is 20.4. The number of hydrogen-bond acceptors (Lipinski definition) is 6. The summed E-state index contributed by atoms with van der Waals surface area (Å²) in [7, 11) is 0. The first-order chi connectivity index (χ1) is 15.1. The molecule has 0 radical (unpaired) electrons. The van der Waals surface area contributed by atoms with Gasteiger partial charge in [-0.3, -0.25) is 4.79 Å². The molecule has 3 rings (SSSR count). The van der Waals surface area contributed by atoms with Gasteiger partial charge in [0.2, 0.25) is 5.91 Å². The van der Waals surface area contributed by atoms with E-state index < -0.39 is 23.7 Å². The van der Waals surface area contributed by atoms with Crippen molar-refractivity contribution in [3.8, 4) is 0 Å². The lowest BCUT2D eigenvalue weighted by Gasteiger charge is -2.60. The summed E-state index contributed by atoms with van der Waals surface area (Å²) in [5.74, 6) is -0.241. The minimum absolute atomic E-state index is 0.0290. The molecule has 0 spiro atoms. The number of aliphatic hydroxyl groups excluding tert-OH is 2. The van der Waals surface area contributed by atoms with Gasteiger partial charge in [0, 0.05) is 22.8 Å². The molecule has 2 amide bonds. The number of hydrogen-bond donors (Lipinski definition) is 4. The van der Waals surface area contributed by atoms with Crippen LogP contribution in [-0.4, -0.2) is 47.1 Å². The predicted molar refractivity (Wildman–Crippen MR) is 124 cm³/mol. The van der Waals surface area contributed by atoms with E-state index in [-0.39, 0.29) is 42.2 Å². The van der Waals surface area contributed by atoms with Gasteiger partial charge in [0.25, 0.3) is 0 Å². The van der Waals surface area contributed by atoms with Crippen LogP contribution in [0.15, 0.2) is 17.5 Å². The number of amides is 2. The van der Waals surface area contributed by atoms with Gasteiger partial charge < -0.3 is 25.6 Å². The highest BCUT2D eigenvalue weighted by Crippen LogP contribution is 2.61. The van der Waals surface area contributed by atoms with Crippen molar-refractivity contribution in [2.75, 3.05) is 6.61 Å². The lowest BCUT2D eigenvalue weighted by molar-refractivity contribution is -0.186. The summed E-state index contributed by atoms with van der Waals surface area (Å²) in [6.45, 7) is 8.25. The molecule has 6 atom stereocenters. The van der Waals surface area contributed by atoms with Crippen molar-refractivity contribution in [1.82, 2.24) is 10.6 Å². The average Bonchev–Trinajstić information content (AvgIpc) is 3.24. The Morgan fingerprint density at radius 1 is 1.28 bits per heavy atom. The SMILES string of the molecule is CC(C)NC(=O)O[C@H]1CC[C@@]2(C)[C@@H](CC[C@@H](O)[C@H]2CC(=O)NCc2cccs2)[C@]1(C)CO. The number of fused-ring (bicyclic) bond motifs is 1. The van der Waals surface area contributed by atoms with Gasteiger partial charge >= 0.3 is 6.09 Å². The Balaban J connectivity index is 1.74. The molecule has 32 heavy (non-hydrogen) atoms. The number of ether oxygens (including phenoxy) is 1. The topological polar surface area (TPSA) is 108 Å². The molecule has 2 saturated carbocycles. The summed E-state index contributed by atoms with van der Waals surface area (Å²) in [4.78, 5) is 26.2. The van der Waals surface area contributed by atoms with Crippen molar-refractivity contribution in [3.63, 3.8) is 0 Å². The van der Waals surface area contributed by atoms with Crippen LogP contribution < -0.4 is 10.6 Å². The third-order valence-electron chi connectivity index (χ3n) is 7.78. The Morgan fingerprint density at radius 3 is 2.66 bits per heavy atom. The van der Waals surface area contributed by atoms with Crippen LogP contribution in [0, 0.1) is 22.7 Å². The predicted octanol–water partition coefficient (Wildman–Crippen LogP) is 3.44. The maximum Gasteiger partial charge on any atom is 0.407 e. The van der Waals surface area contributed by atoms with Crippen LogP contribution in [-0.2, 0) is 16.1 Å². The van der Waals surface area contributed by atoms with Crippen LogP contribution in [0.4, 0.5) is 4.79 Å². The molecule has 8 heteroatoms. The summed E-state index contributed by atoms with van der Waals surface area (Å²) in [5.41, 5.74) is -0.961. The van der Waals surface area contributed by atoms with Gasteiger partial charge in [-0.05, 0) is 68.2 Å². The van der Waals surface area contributed by atoms with Crippen LogP contribution >= 0.6 is 11.3 Å². The maximum atomic E-state index is 12.8. The molecule has 0 bridgehead atoms. The molecule has 0 unspecified atom stereocenters. The molecule has 1 heterocycles. The highest BCUT2D eigenvalue weighted by Gasteiger charge is 2.60. The van der Waals surface area contributed by atoms with Gasteiger partial charge in [-0.15, -0.1) is 11.3 Å². The smallest absolute Gasteiger partial charge is 0.407 e. The van der Waals surface area contributed by atoms with Gasteiger partial charge in [0.05, 0.1) is 19.3 Å². The molecule has 180 valence electrons. The van der Waals surface area contributed by atoms with Crippen molar-refractivity contribution in [1.29, 1.82) is 0 Å². The molecule has 1 aromatic heterocycles. The fraction of sp³-hybridized carbons (Fsp3) is 0.750. The van der Waals surface area contributed by atoms with Crippen molar-refractivity contribution in [3.05, 3.63) is 22.4 Å². The monoisotopic (exact) mass is 466 g/mol. The highest BCUT2D eigenvalue weighted by molar-refractivity contribution is 7.09. The fourth-order valence-electron chi connectivity index (χ4n) is 6.05. The minimum Gasteiger partial charge on any atom is -0.446 e. The van der Waals surface area contributed by atoms with E-state index in [1.165, 1.54) is 0 Å². The minimum atomic E-state index is -0.632. The number of carbonyl (C=O) groups is 2. The van der Waals surface area contributed by atoms with Crippen molar-refractivity contribution < 1.29 is 24.5 Å². The Hall–Kier alpha value is -1.64. The maximum absolute atomic E-state index is 12.8. The molecule has 4 N–H and O–H groups in total. The van der Waals surface area contributed by atoms with Crippen LogP contribution in [0.25, 0.3) is 0 Å². The van der Waals surface area contributed by atoms with Crippen LogP contribution in [0.1, 0.15) is 64.7 Å². The summed E-state index contributed by atoms with van der Waals surface area (Å²) < 4.78 is 5.78. The largest absolute Gasteiger partial charge is 0.446 e. The zero-order chi connectivity index (χ0) is 23.5. The molecular weight excluding hydrogens is 428 g/mol. The Kier molecular flexibility index (Phi) is 7.89. The number of thiophene rings is 1. The number of carbonyl (C=O) groups excluding carboxylic acids is 2. The van der Waals surface area contributed by atoms with E-state index in [9.17, 15) is 19.8 Å². The third-order valence-corrected chi connectivity index (χ3v) is 8.65. The summed E-state index contributed by atoms with van der Waals surface area (Å²) in [6.07, 6.45) is 1.44. The second-order valence-corrected chi connectivity index (χ2v) is 11.3.